The van der Waals surface area contributed by atoms with E-state index in [0.717, 1.165) is 22.0 Å². The minimum absolute atomic E-state index is 0.443. The van der Waals surface area contributed by atoms with Crippen molar-refractivity contribution in [3.8, 4) is 5.75 Å². The van der Waals surface area contributed by atoms with E-state index in [1.165, 1.54) is 16.7 Å². The van der Waals surface area contributed by atoms with Gasteiger partial charge in [0.05, 0.1) is 7.11 Å². The Balaban J connectivity index is 2.26. The molecular formula is C17H18Br2O. The van der Waals surface area contributed by atoms with Gasteiger partial charge in [0.2, 0.25) is 0 Å². The Morgan fingerprint density at radius 3 is 2.40 bits per heavy atom. The lowest BCUT2D eigenvalue weighted by molar-refractivity contribution is 0.408. The molecule has 0 amide bonds. The highest BCUT2D eigenvalue weighted by molar-refractivity contribution is 9.10. The van der Waals surface area contributed by atoms with Crippen molar-refractivity contribution < 1.29 is 4.74 Å². The molecular weight excluding hydrogens is 380 g/mol. The number of hydrogen-bond donors (Lipinski definition) is 0. The fourth-order valence-corrected chi connectivity index (χ4v) is 3.20. The minimum atomic E-state index is 0.443. The average Bonchev–Trinajstić information content (AvgIpc) is 2.46. The second-order valence-electron chi connectivity index (χ2n) is 4.92. The molecule has 0 saturated heterocycles. The quantitative estimate of drug-likeness (QED) is 0.606. The number of halogens is 2. The fourth-order valence-electron chi connectivity index (χ4n) is 2.33. The minimum Gasteiger partial charge on any atom is -0.496 e. The van der Waals surface area contributed by atoms with E-state index in [1.807, 2.05) is 0 Å². The Morgan fingerprint density at radius 2 is 1.80 bits per heavy atom. The predicted octanol–water partition coefficient (Wildman–Crippen LogP) is 5.49. The van der Waals surface area contributed by atoms with Gasteiger partial charge in [-0.25, -0.2) is 0 Å². The van der Waals surface area contributed by atoms with E-state index in [4.69, 9.17) is 4.74 Å². The summed E-state index contributed by atoms with van der Waals surface area (Å²) in [4.78, 5) is 0. The lowest BCUT2D eigenvalue weighted by Gasteiger charge is -2.17. The topological polar surface area (TPSA) is 9.23 Å². The van der Waals surface area contributed by atoms with Crippen molar-refractivity contribution in [1.82, 2.24) is 0 Å². The number of methoxy groups -OCH3 is 1. The first kappa shape index (κ1) is 15.6. The monoisotopic (exact) mass is 396 g/mol. The van der Waals surface area contributed by atoms with Crippen LogP contribution < -0.4 is 4.74 Å². The van der Waals surface area contributed by atoms with Gasteiger partial charge >= 0.3 is 0 Å². The van der Waals surface area contributed by atoms with E-state index >= 15 is 0 Å². The summed E-state index contributed by atoms with van der Waals surface area (Å²) in [5.41, 5.74) is 3.87. The molecule has 0 aromatic heterocycles. The average molecular weight is 398 g/mol. The van der Waals surface area contributed by atoms with Gasteiger partial charge in [0.25, 0.3) is 0 Å². The van der Waals surface area contributed by atoms with Gasteiger partial charge in [-0.15, -0.1) is 0 Å². The molecule has 1 atom stereocenters. The van der Waals surface area contributed by atoms with Crippen molar-refractivity contribution in [2.75, 3.05) is 12.4 Å². The van der Waals surface area contributed by atoms with Crippen LogP contribution in [0.25, 0.3) is 0 Å². The summed E-state index contributed by atoms with van der Waals surface area (Å²) >= 11 is 7.12. The molecule has 2 aromatic carbocycles. The summed E-state index contributed by atoms with van der Waals surface area (Å²) in [6.07, 6.45) is 0.970. The zero-order valence-corrected chi connectivity index (χ0v) is 14.9. The molecule has 0 aliphatic rings. The van der Waals surface area contributed by atoms with Crippen LogP contribution in [0.2, 0.25) is 0 Å². The van der Waals surface area contributed by atoms with Gasteiger partial charge in [0.15, 0.2) is 0 Å². The molecule has 3 heteroatoms. The van der Waals surface area contributed by atoms with E-state index in [2.05, 4.69) is 81.2 Å². The van der Waals surface area contributed by atoms with Crippen LogP contribution in [0.3, 0.4) is 0 Å². The van der Waals surface area contributed by atoms with Crippen LogP contribution in [0.4, 0.5) is 0 Å². The van der Waals surface area contributed by atoms with Crippen LogP contribution in [0, 0.1) is 6.92 Å². The maximum Gasteiger partial charge on any atom is 0.122 e. The highest BCUT2D eigenvalue weighted by Crippen LogP contribution is 2.29. The van der Waals surface area contributed by atoms with Gasteiger partial charge in [-0.05, 0) is 48.6 Å². The number of ether oxygens (including phenoxy) is 1. The van der Waals surface area contributed by atoms with E-state index in [-0.39, 0.29) is 0 Å². The van der Waals surface area contributed by atoms with Crippen LogP contribution in [-0.2, 0) is 6.42 Å². The van der Waals surface area contributed by atoms with Gasteiger partial charge in [-0.2, -0.15) is 0 Å². The molecule has 0 aliphatic heterocycles. The lowest BCUT2D eigenvalue weighted by Crippen LogP contribution is -2.06. The van der Waals surface area contributed by atoms with Gasteiger partial charge in [-0.3, -0.25) is 0 Å². The summed E-state index contributed by atoms with van der Waals surface area (Å²) in [7, 11) is 1.73. The van der Waals surface area contributed by atoms with Crippen LogP contribution >= 0.6 is 31.9 Å². The first-order valence-corrected chi connectivity index (χ1v) is 8.50. The van der Waals surface area contributed by atoms with Crippen LogP contribution in [0.5, 0.6) is 5.75 Å². The molecule has 1 nitrogen and oxygen atoms in total. The molecule has 20 heavy (non-hydrogen) atoms. The van der Waals surface area contributed by atoms with Crippen molar-refractivity contribution in [2.24, 2.45) is 0 Å². The van der Waals surface area contributed by atoms with Crippen molar-refractivity contribution in [3.05, 3.63) is 63.6 Å². The van der Waals surface area contributed by atoms with E-state index in [9.17, 15) is 0 Å². The van der Waals surface area contributed by atoms with Gasteiger partial charge in [0, 0.05) is 9.80 Å². The zero-order valence-electron chi connectivity index (χ0n) is 11.7. The normalized spacial score (nSPS) is 12.2. The molecule has 0 bridgehead atoms. The van der Waals surface area contributed by atoms with Crippen LogP contribution in [-0.4, -0.2) is 12.4 Å². The maximum absolute atomic E-state index is 5.48. The molecule has 1 unspecified atom stereocenters. The molecule has 2 aromatic rings. The SMILES string of the molecule is COc1ccc(C)cc1CC(CBr)c1ccc(Br)cc1. The summed E-state index contributed by atoms with van der Waals surface area (Å²) in [6.45, 7) is 2.12. The fraction of sp³-hybridized carbons (Fsp3) is 0.294. The Labute approximate surface area is 137 Å². The third-order valence-corrected chi connectivity index (χ3v) is 4.74. The molecule has 0 heterocycles. The van der Waals surface area contributed by atoms with Crippen molar-refractivity contribution >= 4 is 31.9 Å². The standard InChI is InChI=1S/C17H18Br2O/c1-12-3-8-17(20-2)14(9-12)10-15(11-18)13-4-6-16(19)7-5-13/h3-9,15H,10-11H2,1-2H3. The van der Waals surface area contributed by atoms with Gasteiger partial charge in [-0.1, -0.05) is 61.7 Å². The third kappa shape index (κ3) is 3.86. The van der Waals surface area contributed by atoms with Gasteiger partial charge < -0.3 is 4.74 Å². The summed E-state index contributed by atoms with van der Waals surface area (Å²) in [5, 5.41) is 0.936. The number of alkyl halides is 1. The largest absolute Gasteiger partial charge is 0.496 e. The van der Waals surface area contributed by atoms with E-state index in [0.29, 0.717) is 5.92 Å². The molecule has 0 fully saturated rings. The smallest absolute Gasteiger partial charge is 0.122 e. The summed E-state index contributed by atoms with van der Waals surface area (Å²) < 4.78 is 6.59. The van der Waals surface area contributed by atoms with E-state index < -0.39 is 0 Å². The Bertz CT molecular complexity index is 564. The first-order chi connectivity index (χ1) is 9.63. The number of aryl methyl sites for hydroxylation is 1. The Morgan fingerprint density at radius 1 is 1.10 bits per heavy atom. The molecule has 0 N–H and O–H groups in total. The van der Waals surface area contributed by atoms with Gasteiger partial charge in [0.1, 0.15) is 5.75 Å². The molecule has 2 rings (SSSR count). The third-order valence-electron chi connectivity index (χ3n) is 3.43. The summed E-state index contributed by atoms with van der Waals surface area (Å²) in [6, 6.07) is 14.9. The van der Waals surface area contributed by atoms with Crippen LogP contribution in [0.1, 0.15) is 22.6 Å². The highest BCUT2D eigenvalue weighted by Gasteiger charge is 2.14. The van der Waals surface area contributed by atoms with Crippen LogP contribution in [0.15, 0.2) is 46.9 Å². The molecule has 0 spiro atoms. The zero-order chi connectivity index (χ0) is 14.5. The molecule has 106 valence electrons. The lowest BCUT2D eigenvalue weighted by atomic mass is 9.92. The van der Waals surface area contributed by atoms with Crippen molar-refractivity contribution in [2.45, 2.75) is 19.3 Å². The van der Waals surface area contributed by atoms with E-state index in [1.54, 1.807) is 7.11 Å². The summed E-state index contributed by atoms with van der Waals surface area (Å²) in [5.74, 6) is 1.41. The second kappa shape index (κ2) is 7.28. The van der Waals surface area contributed by atoms with Crippen molar-refractivity contribution in [1.29, 1.82) is 0 Å². The van der Waals surface area contributed by atoms with Crippen molar-refractivity contribution in [3.63, 3.8) is 0 Å². The number of hydrogen-bond acceptors (Lipinski definition) is 1. The Kier molecular flexibility index (Phi) is 5.67. The number of rotatable bonds is 5. The maximum atomic E-state index is 5.48. The second-order valence-corrected chi connectivity index (χ2v) is 6.49. The Hall–Kier alpha value is -0.800. The first-order valence-electron chi connectivity index (χ1n) is 6.59. The predicted molar refractivity (Wildman–Crippen MR) is 92.1 cm³/mol. The molecule has 0 radical (unpaired) electrons. The number of benzene rings is 2. The molecule has 0 aliphatic carbocycles. The highest BCUT2D eigenvalue weighted by atomic mass is 79.9. The molecule has 0 saturated carbocycles.